The minimum Gasteiger partial charge on any atom is -0.321 e. The largest absolute Gasteiger partial charge is 0.321 e. The molecular formula is C17H17NOS. The lowest BCUT2D eigenvalue weighted by atomic mass is 9.99. The molecule has 0 unspecified atom stereocenters. The van der Waals surface area contributed by atoms with Gasteiger partial charge in [-0.15, -0.1) is 0 Å². The first-order valence-electron chi connectivity index (χ1n) is 6.78. The fraction of sp³-hybridized carbons (Fsp3) is 0.235. The summed E-state index contributed by atoms with van der Waals surface area (Å²) in [5.74, 6) is 2.06. The van der Waals surface area contributed by atoms with E-state index in [1.165, 1.54) is 22.3 Å². The number of benzene rings is 2. The zero-order valence-electron chi connectivity index (χ0n) is 11.2. The van der Waals surface area contributed by atoms with Crippen LogP contribution in [0.3, 0.4) is 0 Å². The summed E-state index contributed by atoms with van der Waals surface area (Å²) in [5.41, 5.74) is 11.1. The molecule has 20 heavy (non-hydrogen) atoms. The van der Waals surface area contributed by atoms with Crippen molar-refractivity contribution in [2.24, 2.45) is 5.73 Å². The summed E-state index contributed by atoms with van der Waals surface area (Å²) >= 11 is 1.75. The average molecular weight is 283 g/mol. The Balaban J connectivity index is 1.85. The van der Waals surface area contributed by atoms with Gasteiger partial charge >= 0.3 is 0 Å². The molecule has 2 aromatic carbocycles. The zero-order valence-corrected chi connectivity index (χ0v) is 12.0. The molecule has 0 saturated heterocycles. The fourth-order valence-corrected chi connectivity index (χ4v) is 3.88. The standard InChI is InChI=1S/C17H17NOS/c18-12(9-19)10-20-11-17-15-7-3-1-5-13(15)14-6-2-4-8-16(14)17/h1-9,12,17H,10-11,18H2/t12-/m0/s1. The van der Waals surface area contributed by atoms with Crippen molar-refractivity contribution in [2.75, 3.05) is 11.5 Å². The molecule has 3 heteroatoms. The monoisotopic (exact) mass is 283 g/mol. The van der Waals surface area contributed by atoms with Gasteiger partial charge in [0.25, 0.3) is 0 Å². The second kappa shape index (κ2) is 5.81. The molecule has 2 nitrogen and oxygen atoms in total. The van der Waals surface area contributed by atoms with Crippen LogP contribution < -0.4 is 5.73 Å². The molecule has 2 N–H and O–H groups in total. The summed E-state index contributed by atoms with van der Waals surface area (Å²) in [6.07, 6.45) is 0.823. The zero-order chi connectivity index (χ0) is 13.9. The molecule has 0 heterocycles. The molecule has 1 aliphatic rings. The molecule has 1 atom stereocenters. The third-order valence-electron chi connectivity index (χ3n) is 3.73. The first kappa shape index (κ1) is 13.4. The van der Waals surface area contributed by atoms with E-state index >= 15 is 0 Å². The first-order valence-corrected chi connectivity index (χ1v) is 7.93. The van der Waals surface area contributed by atoms with Gasteiger partial charge in [-0.2, -0.15) is 11.8 Å². The van der Waals surface area contributed by atoms with E-state index in [0.29, 0.717) is 11.7 Å². The summed E-state index contributed by atoms with van der Waals surface area (Å²) in [4.78, 5) is 10.6. The van der Waals surface area contributed by atoms with Gasteiger partial charge in [0, 0.05) is 17.4 Å². The normalized spacial score (nSPS) is 14.7. The van der Waals surface area contributed by atoms with Crippen molar-refractivity contribution in [1.82, 2.24) is 0 Å². The minimum absolute atomic E-state index is 0.355. The Morgan fingerprint density at radius 1 is 1.05 bits per heavy atom. The van der Waals surface area contributed by atoms with E-state index in [-0.39, 0.29) is 6.04 Å². The van der Waals surface area contributed by atoms with E-state index in [9.17, 15) is 4.79 Å². The SMILES string of the molecule is N[C@@H](C=O)CSCC1c2ccccc2-c2ccccc21. The smallest absolute Gasteiger partial charge is 0.137 e. The van der Waals surface area contributed by atoms with Crippen LogP contribution >= 0.6 is 11.8 Å². The van der Waals surface area contributed by atoms with Gasteiger partial charge < -0.3 is 10.5 Å². The summed E-state index contributed by atoms with van der Waals surface area (Å²) < 4.78 is 0. The van der Waals surface area contributed by atoms with Crippen LogP contribution in [0.25, 0.3) is 11.1 Å². The van der Waals surface area contributed by atoms with Crippen LogP contribution in [0, 0.1) is 0 Å². The number of rotatable bonds is 5. The second-order valence-electron chi connectivity index (χ2n) is 5.06. The molecule has 0 fully saturated rings. The molecule has 0 amide bonds. The Hall–Kier alpha value is -1.58. The summed E-state index contributed by atoms with van der Waals surface area (Å²) in [5, 5.41) is 0. The molecule has 0 bridgehead atoms. The highest BCUT2D eigenvalue weighted by molar-refractivity contribution is 7.99. The van der Waals surface area contributed by atoms with Gasteiger partial charge in [-0.05, 0) is 22.3 Å². The number of aldehydes is 1. The van der Waals surface area contributed by atoms with Crippen LogP contribution in [0.5, 0.6) is 0 Å². The summed E-state index contributed by atoms with van der Waals surface area (Å²) in [7, 11) is 0. The maximum absolute atomic E-state index is 10.6. The highest BCUT2D eigenvalue weighted by Gasteiger charge is 2.27. The van der Waals surface area contributed by atoms with Crippen molar-refractivity contribution < 1.29 is 4.79 Å². The molecule has 0 radical (unpaired) electrons. The molecule has 0 aliphatic heterocycles. The van der Waals surface area contributed by atoms with Crippen molar-refractivity contribution in [3.05, 3.63) is 59.7 Å². The molecule has 0 aromatic heterocycles. The fourth-order valence-electron chi connectivity index (χ4n) is 2.80. The van der Waals surface area contributed by atoms with Crippen LogP contribution in [0.4, 0.5) is 0 Å². The van der Waals surface area contributed by atoms with Crippen LogP contribution in [0.2, 0.25) is 0 Å². The minimum atomic E-state index is -0.355. The Labute approximate surface area is 123 Å². The van der Waals surface area contributed by atoms with Gasteiger partial charge in [-0.25, -0.2) is 0 Å². The Morgan fingerprint density at radius 3 is 2.15 bits per heavy atom. The lowest BCUT2D eigenvalue weighted by Crippen LogP contribution is -2.24. The number of carbonyl (C=O) groups excluding carboxylic acids is 1. The molecule has 0 spiro atoms. The predicted molar refractivity (Wildman–Crippen MR) is 85.1 cm³/mol. The Morgan fingerprint density at radius 2 is 1.60 bits per heavy atom. The lowest BCUT2D eigenvalue weighted by Gasteiger charge is -2.13. The molecule has 102 valence electrons. The summed E-state index contributed by atoms with van der Waals surface area (Å²) in [6.45, 7) is 0. The first-order chi connectivity index (χ1) is 9.81. The predicted octanol–water partition coefficient (Wildman–Crippen LogP) is 3.06. The number of hydrogen-bond acceptors (Lipinski definition) is 3. The van der Waals surface area contributed by atoms with Crippen LogP contribution in [-0.4, -0.2) is 23.8 Å². The maximum Gasteiger partial charge on any atom is 0.137 e. The van der Waals surface area contributed by atoms with Crippen LogP contribution in [0.1, 0.15) is 17.0 Å². The van der Waals surface area contributed by atoms with E-state index in [4.69, 9.17) is 5.73 Å². The topological polar surface area (TPSA) is 43.1 Å². The van der Waals surface area contributed by atoms with E-state index in [1.807, 2.05) is 0 Å². The van der Waals surface area contributed by atoms with Crippen molar-refractivity contribution in [2.45, 2.75) is 12.0 Å². The molecule has 1 aliphatic carbocycles. The van der Waals surface area contributed by atoms with Crippen molar-refractivity contribution >= 4 is 18.0 Å². The van der Waals surface area contributed by atoms with E-state index in [1.54, 1.807) is 11.8 Å². The van der Waals surface area contributed by atoms with Gasteiger partial charge in [-0.3, -0.25) is 0 Å². The molecule has 0 saturated carbocycles. The highest BCUT2D eigenvalue weighted by atomic mass is 32.2. The number of carbonyl (C=O) groups is 1. The summed E-state index contributed by atoms with van der Waals surface area (Å²) in [6, 6.07) is 16.8. The molecule has 3 rings (SSSR count). The van der Waals surface area contributed by atoms with Gasteiger partial charge in [0.1, 0.15) is 6.29 Å². The number of fused-ring (bicyclic) bond motifs is 3. The van der Waals surface area contributed by atoms with Gasteiger partial charge in [-0.1, -0.05) is 48.5 Å². The Bertz CT molecular complexity index is 580. The maximum atomic E-state index is 10.6. The molecule has 2 aromatic rings. The number of hydrogen-bond donors (Lipinski definition) is 1. The van der Waals surface area contributed by atoms with Crippen molar-refractivity contribution in [3.63, 3.8) is 0 Å². The van der Waals surface area contributed by atoms with Crippen molar-refractivity contribution in [3.8, 4) is 11.1 Å². The van der Waals surface area contributed by atoms with Gasteiger partial charge in [0.15, 0.2) is 0 Å². The van der Waals surface area contributed by atoms with Crippen molar-refractivity contribution in [1.29, 1.82) is 0 Å². The number of thioether (sulfide) groups is 1. The molecular weight excluding hydrogens is 266 g/mol. The van der Waals surface area contributed by atoms with Crippen LogP contribution in [0.15, 0.2) is 48.5 Å². The second-order valence-corrected chi connectivity index (χ2v) is 6.14. The van der Waals surface area contributed by atoms with E-state index in [2.05, 4.69) is 48.5 Å². The quantitative estimate of drug-likeness (QED) is 0.858. The number of nitrogens with two attached hydrogens (primary N) is 1. The average Bonchev–Trinajstić information content (AvgIpc) is 2.82. The van der Waals surface area contributed by atoms with E-state index < -0.39 is 0 Å². The van der Waals surface area contributed by atoms with E-state index in [0.717, 1.165) is 12.0 Å². The van der Waals surface area contributed by atoms with Crippen LogP contribution in [-0.2, 0) is 4.79 Å². The Kier molecular flexibility index (Phi) is 3.90. The van der Waals surface area contributed by atoms with Gasteiger partial charge in [0.2, 0.25) is 0 Å². The lowest BCUT2D eigenvalue weighted by molar-refractivity contribution is -0.108. The third kappa shape index (κ3) is 2.39. The third-order valence-corrected chi connectivity index (χ3v) is 4.92. The highest BCUT2D eigenvalue weighted by Crippen LogP contribution is 2.45. The van der Waals surface area contributed by atoms with Gasteiger partial charge in [0.05, 0.1) is 6.04 Å².